The average molecular weight is 279 g/mol. The molecule has 0 aromatic heterocycles. The van der Waals surface area contributed by atoms with Crippen molar-refractivity contribution in [3.63, 3.8) is 0 Å². The molecule has 0 aliphatic carbocycles. The van der Waals surface area contributed by atoms with Crippen LogP contribution < -0.4 is 15.4 Å². The number of rotatable bonds is 4. The molecule has 20 heavy (non-hydrogen) atoms. The molecule has 6 heteroatoms. The zero-order chi connectivity index (χ0) is 14.7. The van der Waals surface area contributed by atoms with E-state index in [0.29, 0.717) is 23.9 Å². The fourth-order valence-corrected chi connectivity index (χ4v) is 3.00. The Morgan fingerprint density at radius 1 is 1.55 bits per heavy atom. The molecule has 1 aromatic carbocycles. The van der Waals surface area contributed by atoms with Crippen LogP contribution in [-0.4, -0.2) is 31.2 Å². The molecule has 0 amide bonds. The summed E-state index contributed by atoms with van der Waals surface area (Å²) in [5, 5.41) is 11.4. The van der Waals surface area contributed by atoms with Crippen LogP contribution in [0.15, 0.2) is 18.2 Å². The highest BCUT2D eigenvalue weighted by Gasteiger charge is 2.33. The standard InChI is InChI=1S/C14H21N3O3/c1-10-5-4-8-16(12(10)9-15)11-6-3-7-13(20-2)14(11)17(18)19/h3,6-7,10,12H,4-5,8-9,15H2,1-2H3. The van der Waals surface area contributed by atoms with Crippen LogP contribution in [0.25, 0.3) is 0 Å². The second kappa shape index (κ2) is 6.09. The third-order valence-corrected chi connectivity index (χ3v) is 4.05. The number of benzene rings is 1. The van der Waals surface area contributed by atoms with Crippen LogP contribution in [0.2, 0.25) is 0 Å². The summed E-state index contributed by atoms with van der Waals surface area (Å²) < 4.78 is 5.13. The van der Waals surface area contributed by atoms with Gasteiger partial charge < -0.3 is 15.4 Å². The third-order valence-electron chi connectivity index (χ3n) is 4.05. The maximum absolute atomic E-state index is 11.4. The summed E-state index contributed by atoms with van der Waals surface area (Å²) in [4.78, 5) is 13.1. The molecule has 2 rings (SSSR count). The number of nitro benzene ring substituents is 1. The molecule has 0 saturated carbocycles. The lowest BCUT2D eigenvalue weighted by Crippen LogP contribution is -2.49. The van der Waals surface area contributed by atoms with E-state index in [9.17, 15) is 10.1 Å². The second-order valence-electron chi connectivity index (χ2n) is 5.20. The molecule has 2 N–H and O–H groups in total. The van der Waals surface area contributed by atoms with Crippen molar-refractivity contribution in [1.82, 2.24) is 0 Å². The monoisotopic (exact) mass is 279 g/mol. The van der Waals surface area contributed by atoms with Crippen LogP contribution in [0.5, 0.6) is 5.75 Å². The lowest BCUT2D eigenvalue weighted by molar-refractivity contribution is -0.385. The van der Waals surface area contributed by atoms with Gasteiger partial charge in [-0.25, -0.2) is 0 Å². The molecule has 2 atom stereocenters. The minimum absolute atomic E-state index is 0.0301. The fourth-order valence-electron chi connectivity index (χ4n) is 3.00. The zero-order valence-corrected chi connectivity index (χ0v) is 11.9. The summed E-state index contributed by atoms with van der Waals surface area (Å²) in [5.74, 6) is 0.723. The van der Waals surface area contributed by atoms with Crippen LogP contribution in [0.4, 0.5) is 11.4 Å². The highest BCUT2D eigenvalue weighted by molar-refractivity contribution is 5.70. The van der Waals surface area contributed by atoms with Crippen molar-refractivity contribution in [2.75, 3.05) is 25.1 Å². The number of hydrogen-bond donors (Lipinski definition) is 1. The summed E-state index contributed by atoms with van der Waals surface area (Å²) in [7, 11) is 1.45. The van der Waals surface area contributed by atoms with Crippen molar-refractivity contribution in [2.24, 2.45) is 11.7 Å². The van der Waals surface area contributed by atoms with Gasteiger partial charge in [0.1, 0.15) is 5.69 Å². The SMILES string of the molecule is COc1cccc(N2CCCC(C)C2CN)c1[N+](=O)[O-]. The molecular weight excluding hydrogens is 258 g/mol. The predicted molar refractivity (Wildman–Crippen MR) is 78.2 cm³/mol. The Balaban J connectivity index is 2.48. The van der Waals surface area contributed by atoms with Gasteiger partial charge in [-0.2, -0.15) is 0 Å². The predicted octanol–water partition coefficient (Wildman–Crippen LogP) is 2.17. The maximum atomic E-state index is 11.4. The van der Waals surface area contributed by atoms with Crippen molar-refractivity contribution in [2.45, 2.75) is 25.8 Å². The molecule has 0 radical (unpaired) electrons. The largest absolute Gasteiger partial charge is 0.490 e. The normalized spacial score (nSPS) is 22.6. The highest BCUT2D eigenvalue weighted by Crippen LogP contribution is 2.40. The minimum atomic E-state index is -0.374. The lowest BCUT2D eigenvalue weighted by Gasteiger charge is -2.40. The quantitative estimate of drug-likeness (QED) is 0.674. The van der Waals surface area contributed by atoms with Gasteiger partial charge in [0.05, 0.1) is 12.0 Å². The molecule has 1 aliphatic heterocycles. The molecule has 1 aromatic rings. The van der Waals surface area contributed by atoms with Gasteiger partial charge >= 0.3 is 5.69 Å². The average Bonchev–Trinajstić information content (AvgIpc) is 2.45. The van der Waals surface area contributed by atoms with Gasteiger partial charge in [-0.3, -0.25) is 10.1 Å². The number of piperidine rings is 1. The van der Waals surface area contributed by atoms with Crippen LogP contribution in [0.3, 0.4) is 0 Å². The topological polar surface area (TPSA) is 81.6 Å². The van der Waals surface area contributed by atoms with Crippen molar-refractivity contribution >= 4 is 11.4 Å². The number of ether oxygens (including phenoxy) is 1. The van der Waals surface area contributed by atoms with Gasteiger partial charge in [-0.1, -0.05) is 13.0 Å². The summed E-state index contributed by atoms with van der Waals surface area (Å²) in [6, 6.07) is 5.32. The molecule has 2 unspecified atom stereocenters. The zero-order valence-electron chi connectivity index (χ0n) is 11.9. The van der Waals surface area contributed by atoms with E-state index in [1.807, 2.05) is 0 Å². The highest BCUT2D eigenvalue weighted by atomic mass is 16.6. The van der Waals surface area contributed by atoms with Gasteiger partial charge in [0.15, 0.2) is 5.75 Å². The summed E-state index contributed by atoms with van der Waals surface area (Å²) in [5.41, 5.74) is 6.51. The van der Waals surface area contributed by atoms with Gasteiger partial charge in [-0.15, -0.1) is 0 Å². The molecule has 1 saturated heterocycles. The second-order valence-corrected chi connectivity index (χ2v) is 5.20. The molecule has 110 valence electrons. The van der Waals surface area contributed by atoms with Gasteiger partial charge in [-0.05, 0) is 30.9 Å². The third kappa shape index (κ3) is 2.56. The fraction of sp³-hybridized carbons (Fsp3) is 0.571. The number of nitrogens with zero attached hydrogens (tertiary/aromatic N) is 2. The lowest BCUT2D eigenvalue weighted by atomic mass is 9.90. The van der Waals surface area contributed by atoms with Gasteiger partial charge in [0.25, 0.3) is 0 Å². The summed E-state index contributed by atoms with van der Waals surface area (Å²) in [6.07, 6.45) is 2.13. The molecule has 0 spiro atoms. The Bertz CT molecular complexity index is 493. The number of hydrogen-bond acceptors (Lipinski definition) is 5. The van der Waals surface area contributed by atoms with E-state index < -0.39 is 0 Å². The van der Waals surface area contributed by atoms with Crippen LogP contribution in [-0.2, 0) is 0 Å². The summed E-state index contributed by atoms with van der Waals surface area (Å²) in [6.45, 7) is 3.44. The van der Waals surface area contributed by atoms with Crippen molar-refractivity contribution in [3.8, 4) is 5.75 Å². The number of nitrogens with two attached hydrogens (primary N) is 1. The Hall–Kier alpha value is -1.82. The first-order chi connectivity index (χ1) is 9.60. The van der Waals surface area contributed by atoms with Crippen molar-refractivity contribution in [3.05, 3.63) is 28.3 Å². The number of anilines is 1. The van der Waals surface area contributed by atoms with E-state index in [1.54, 1.807) is 18.2 Å². The van der Waals surface area contributed by atoms with Crippen LogP contribution in [0.1, 0.15) is 19.8 Å². The van der Waals surface area contributed by atoms with E-state index >= 15 is 0 Å². The minimum Gasteiger partial charge on any atom is -0.490 e. The van der Waals surface area contributed by atoms with E-state index in [2.05, 4.69) is 11.8 Å². The molecule has 1 aliphatic rings. The molecule has 1 heterocycles. The number of methoxy groups -OCH3 is 1. The van der Waals surface area contributed by atoms with Crippen LogP contribution in [0, 0.1) is 16.0 Å². The van der Waals surface area contributed by atoms with Gasteiger partial charge in [0.2, 0.25) is 0 Å². The molecule has 0 bridgehead atoms. The smallest absolute Gasteiger partial charge is 0.333 e. The Labute approximate surface area is 118 Å². The summed E-state index contributed by atoms with van der Waals surface area (Å²) >= 11 is 0. The van der Waals surface area contributed by atoms with E-state index in [0.717, 1.165) is 19.4 Å². The Morgan fingerprint density at radius 2 is 2.30 bits per heavy atom. The van der Waals surface area contributed by atoms with Crippen molar-refractivity contribution < 1.29 is 9.66 Å². The van der Waals surface area contributed by atoms with Crippen molar-refractivity contribution in [1.29, 1.82) is 0 Å². The first-order valence-corrected chi connectivity index (χ1v) is 6.88. The molecule has 6 nitrogen and oxygen atoms in total. The van der Waals surface area contributed by atoms with Gasteiger partial charge in [0, 0.05) is 19.1 Å². The first-order valence-electron chi connectivity index (χ1n) is 6.88. The number of nitro groups is 1. The van der Waals surface area contributed by atoms with E-state index in [4.69, 9.17) is 10.5 Å². The Morgan fingerprint density at radius 3 is 2.90 bits per heavy atom. The number of para-hydroxylation sites is 1. The maximum Gasteiger partial charge on any atom is 0.333 e. The van der Waals surface area contributed by atoms with E-state index in [1.165, 1.54) is 7.11 Å². The van der Waals surface area contributed by atoms with E-state index in [-0.39, 0.29) is 16.7 Å². The Kier molecular flexibility index (Phi) is 4.44. The molecular formula is C14H21N3O3. The first kappa shape index (κ1) is 14.6. The molecule has 1 fully saturated rings. The van der Waals surface area contributed by atoms with Crippen LogP contribution >= 0.6 is 0 Å².